The number of nitro benzene ring substituents is 1. The van der Waals surface area contributed by atoms with Gasteiger partial charge in [0, 0.05) is 24.2 Å². The molecule has 1 heterocycles. The lowest BCUT2D eigenvalue weighted by molar-refractivity contribution is -0.384. The molecule has 1 aliphatic rings. The van der Waals surface area contributed by atoms with Crippen molar-refractivity contribution in [2.24, 2.45) is 10.5 Å². The predicted octanol–water partition coefficient (Wildman–Crippen LogP) is 5.86. The van der Waals surface area contributed by atoms with Gasteiger partial charge >= 0.3 is 0 Å². The quantitative estimate of drug-likeness (QED) is 0.255. The number of benzene rings is 3. The maximum Gasteiger partial charge on any atom is 0.269 e. The summed E-state index contributed by atoms with van der Waals surface area (Å²) < 4.78 is 1.99. The van der Waals surface area contributed by atoms with E-state index in [1.807, 2.05) is 71.5 Å². The fraction of sp³-hybridized carbons (Fsp3) is 0.214. The van der Waals surface area contributed by atoms with Crippen LogP contribution in [-0.4, -0.2) is 20.4 Å². The van der Waals surface area contributed by atoms with E-state index in [2.05, 4.69) is 24.6 Å². The van der Waals surface area contributed by atoms with Crippen molar-refractivity contribution in [3.05, 3.63) is 118 Å². The summed E-state index contributed by atoms with van der Waals surface area (Å²) in [4.78, 5) is 10.6. The molecule has 0 saturated carbocycles. The van der Waals surface area contributed by atoms with Crippen LogP contribution in [0.1, 0.15) is 43.1 Å². The number of anilines is 1. The second-order valence-electron chi connectivity index (χ2n) is 9.63. The molecule has 0 spiro atoms. The van der Waals surface area contributed by atoms with Crippen LogP contribution in [0.15, 0.2) is 96.2 Å². The SMILES string of the molecule is CC1(C)C/C(=N\Nc2ccccc2)c2cnn(-c3ccccc3)c2C1NCc1ccc([N+](=O)[O-])cc1. The van der Waals surface area contributed by atoms with Gasteiger partial charge in [-0.15, -0.1) is 0 Å². The second kappa shape index (κ2) is 9.75. The first-order chi connectivity index (χ1) is 17.4. The largest absolute Gasteiger partial charge is 0.304 e. The molecule has 0 fully saturated rings. The standard InChI is InChI=1S/C28H28N6O2/c1-28(2)17-25(32-31-21-9-5-3-6-10-21)24-19-30-33(22-11-7-4-8-12-22)26(24)27(28)29-18-20-13-15-23(16-14-20)34(35)36/h3-16,19,27,29,31H,17-18H2,1-2H3/b32-25+. The highest BCUT2D eigenvalue weighted by molar-refractivity contribution is 6.03. The zero-order chi connectivity index (χ0) is 25.1. The lowest BCUT2D eigenvalue weighted by Gasteiger charge is -2.40. The van der Waals surface area contributed by atoms with Crippen LogP contribution in [-0.2, 0) is 6.54 Å². The van der Waals surface area contributed by atoms with Crippen molar-refractivity contribution >= 4 is 17.1 Å². The average Bonchev–Trinajstić information content (AvgIpc) is 3.33. The number of nitrogens with one attached hydrogen (secondary N) is 2. The zero-order valence-corrected chi connectivity index (χ0v) is 20.3. The van der Waals surface area contributed by atoms with E-state index in [1.165, 1.54) is 0 Å². The summed E-state index contributed by atoms with van der Waals surface area (Å²) in [6.45, 7) is 5.02. The number of fused-ring (bicyclic) bond motifs is 1. The van der Waals surface area contributed by atoms with Gasteiger partial charge in [-0.05, 0) is 41.7 Å². The van der Waals surface area contributed by atoms with Crippen molar-refractivity contribution in [3.8, 4) is 5.69 Å². The number of hydrogen-bond acceptors (Lipinski definition) is 6. The molecule has 8 heteroatoms. The van der Waals surface area contributed by atoms with Gasteiger partial charge in [0.2, 0.25) is 0 Å². The molecule has 0 aliphatic heterocycles. The smallest absolute Gasteiger partial charge is 0.269 e. The Balaban J connectivity index is 1.51. The number of hydrogen-bond donors (Lipinski definition) is 2. The molecule has 0 saturated heterocycles. The first kappa shape index (κ1) is 23.4. The van der Waals surface area contributed by atoms with Crippen molar-refractivity contribution in [1.82, 2.24) is 15.1 Å². The first-order valence-corrected chi connectivity index (χ1v) is 11.9. The number of nitrogens with zero attached hydrogens (tertiary/aromatic N) is 4. The molecule has 0 radical (unpaired) electrons. The predicted molar refractivity (Wildman–Crippen MR) is 141 cm³/mol. The van der Waals surface area contributed by atoms with Gasteiger partial charge in [-0.1, -0.05) is 62.4 Å². The Kier molecular flexibility index (Phi) is 6.35. The summed E-state index contributed by atoms with van der Waals surface area (Å²) in [6, 6.07) is 26.6. The van der Waals surface area contributed by atoms with E-state index in [0.29, 0.717) is 6.54 Å². The Hall–Kier alpha value is -4.30. The average molecular weight is 481 g/mol. The molecule has 1 atom stereocenters. The molecule has 4 aromatic rings. The molecule has 5 rings (SSSR count). The molecular weight excluding hydrogens is 452 g/mol. The summed E-state index contributed by atoms with van der Waals surface area (Å²) in [6.07, 6.45) is 2.64. The Bertz CT molecular complexity index is 1380. The number of aromatic nitrogens is 2. The molecule has 3 aromatic carbocycles. The maximum atomic E-state index is 11.0. The number of hydrazone groups is 1. The van der Waals surface area contributed by atoms with Gasteiger partial charge in [-0.3, -0.25) is 15.5 Å². The summed E-state index contributed by atoms with van der Waals surface area (Å²) in [5.41, 5.74) is 9.01. The molecule has 2 N–H and O–H groups in total. The lowest BCUT2D eigenvalue weighted by atomic mass is 9.71. The molecule has 182 valence electrons. The monoisotopic (exact) mass is 480 g/mol. The topological polar surface area (TPSA) is 97.4 Å². The van der Waals surface area contributed by atoms with Crippen LogP contribution in [0.5, 0.6) is 0 Å². The molecule has 36 heavy (non-hydrogen) atoms. The Morgan fingerprint density at radius 3 is 2.36 bits per heavy atom. The minimum atomic E-state index is -0.378. The Labute approximate surface area is 209 Å². The van der Waals surface area contributed by atoms with Crippen molar-refractivity contribution in [2.45, 2.75) is 32.9 Å². The molecule has 8 nitrogen and oxygen atoms in total. The molecular formula is C28H28N6O2. The van der Waals surface area contributed by atoms with Crippen LogP contribution in [0.25, 0.3) is 5.69 Å². The molecule has 0 amide bonds. The van der Waals surface area contributed by atoms with Crippen LogP contribution < -0.4 is 10.7 Å². The van der Waals surface area contributed by atoms with Crippen LogP contribution >= 0.6 is 0 Å². The third-order valence-electron chi connectivity index (χ3n) is 6.55. The fourth-order valence-electron chi connectivity index (χ4n) is 4.70. The highest BCUT2D eigenvalue weighted by atomic mass is 16.6. The summed E-state index contributed by atoms with van der Waals surface area (Å²) in [5, 5.41) is 24.3. The van der Waals surface area contributed by atoms with Gasteiger partial charge in [0.1, 0.15) is 0 Å². The van der Waals surface area contributed by atoms with Gasteiger partial charge in [0.15, 0.2) is 0 Å². The highest BCUT2D eigenvalue weighted by Crippen LogP contribution is 2.44. The second-order valence-corrected chi connectivity index (χ2v) is 9.63. The maximum absolute atomic E-state index is 11.0. The first-order valence-electron chi connectivity index (χ1n) is 11.9. The Morgan fingerprint density at radius 2 is 1.69 bits per heavy atom. The van der Waals surface area contributed by atoms with E-state index in [1.54, 1.807) is 24.3 Å². The van der Waals surface area contributed by atoms with Gasteiger partial charge < -0.3 is 5.32 Å². The van der Waals surface area contributed by atoms with Crippen LogP contribution in [0, 0.1) is 15.5 Å². The number of rotatable bonds is 7. The van der Waals surface area contributed by atoms with Gasteiger partial charge in [0.05, 0.1) is 39.9 Å². The highest BCUT2D eigenvalue weighted by Gasteiger charge is 2.42. The summed E-state index contributed by atoms with van der Waals surface area (Å²) in [5.74, 6) is 0. The minimum absolute atomic E-state index is 0.0268. The number of non-ortho nitro benzene ring substituents is 1. The van der Waals surface area contributed by atoms with E-state index >= 15 is 0 Å². The third kappa shape index (κ3) is 4.76. The molecule has 1 unspecified atom stereocenters. The fourth-order valence-corrected chi connectivity index (χ4v) is 4.70. The van der Waals surface area contributed by atoms with Crippen LogP contribution in [0.4, 0.5) is 11.4 Å². The van der Waals surface area contributed by atoms with Gasteiger partial charge in [-0.2, -0.15) is 10.2 Å². The van der Waals surface area contributed by atoms with Gasteiger partial charge in [-0.25, -0.2) is 4.68 Å². The number of nitro groups is 1. The van der Waals surface area contributed by atoms with Crippen molar-refractivity contribution in [2.75, 3.05) is 5.43 Å². The van der Waals surface area contributed by atoms with E-state index in [-0.39, 0.29) is 22.1 Å². The van der Waals surface area contributed by atoms with Crippen molar-refractivity contribution in [3.63, 3.8) is 0 Å². The van der Waals surface area contributed by atoms with E-state index in [9.17, 15) is 10.1 Å². The van der Waals surface area contributed by atoms with Crippen LogP contribution in [0.2, 0.25) is 0 Å². The van der Waals surface area contributed by atoms with E-state index in [0.717, 1.165) is 40.3 Å². The van der Waals surface area contributed by atoms with E-state index < -0.39 is 0 Å². The van der Waals surface area contributed by atoms with E-state index in [4.69, 9.17) is 10.2 Å². The zero-order valence-electron chi connectivity index (χ0n) is 20.3. The minimum Gasteiger partial charge on any atom is -0.304 e. The third-order valence-corrected chi connectivity index (χ3v) is 6.55. The summed E-state index contributed by atoms with van der Waals surface area (Å²) in [7, 11) is 0. The van der Waals surface area contributed by atoms with Crippen LogP contribution in [0.3, 0.4) is 0 Å². The van der Waals surface area contributed by atoms with Crippen molar-refractivity contribution < 1.29 is 4.92 Å². The molecule has 0 bridgehead atoms. The van der Waals surface area contributed by atoms with Gasteiger partial charge in [0.25, 0.3) is 5.69 Å². The molecule has 1 aromatic heterocycles. The lowest BCUT2D eigenvalue weighted by Crippen LogP contribution is -2.41. The van der Waals surface area contributed by atoms with Crippen molar-refractivity contribution in [1.29, 1.82) is 0 Å². The Morgan fingerprint density at radius 1 is 1.03 bits per heavy atom. The molecule has 1 aliphatic carbocycles. The normalized spacial score (nSPS) is 17.5. The summed E-state index contributed by atoms with van der Waals surface area (Å²) >= 11 is 0. The number of para-hydroxylation sites is 2.